The van der Waals surface area contributed by atoms with Crippen LogP contribution in [0.2, 0.25) is 0 Å². The zero-order valence-corrected chi connectivity index (χ0v) is 12.6. The van der Waals surface area contributed by atoms with E-state index in [1.54, 1.807) is 4.90 Å². The van der Waals surface area contributed by atoms with Crippen molar-refractivity contribution in [1.82, 2.24) is 10.2 Å². The van der Waals surface area contributed by atoms with Crippen molar-refractivity contribution in [2.24, 2.45) is 17.3 Å². The maximum absolute atomic E-state index is 12.0. The highest BCUT2D eigenvalue weighted by Crippen LogP contribution is 2.23. The van der Waals surface area contributed by atoms with E-state index in [0.29, 0.717) is 6.54 Å². The number of nitrogens with one attached hydrogen (secondary N) is 1. The molecule has 2 atom stereocenters. The van der Waals surface area contributed by atoms with Crippen molar-refractivity contribution in [2.45, 2.75) is 34.1 Å². The van der Waals surface area contributed by atoms with E-state index < -0.39 is 17.3 Å². The number of rotatable bonds is 4. The van der Waals surface area contributed by atoms with E-state index in [2.05, 4.69) is 5.32 Å². The van der Waals surface area contributed by atoms with Crippen molar-refractivity contribution in [3.63, 3.8) is 0 Å². The van der Waals surface area contributed by atoms with Crippen LogP contribution in [-0.2, 0) is 14.4 Å². The number of carboxylic acids is 1. The third kappa shape index (κ3) is 4.21. The Hall–Kier alpha value is -1.59. The molecule has 6 heteroatoms. The van der Waals surface area contributed by atoms with Gasteiger partial charge >= 0.3 is 5.97 Å². The molecule has 2 amide bonds. The molecule has 1 saturated heterocycles. The number of carboxylic acid groups (broad SMARTS) is 1. The van der Waals surface area contributed by atoms with Gasteiger partial charge in [0.25, 0.3) is 0 Å². The first kappa shape index (κ1) is 16.5. The number of carbonyl (C=O) groups is 3. The van der Waals surface area contributed by atoms with E-state index >= 15 is 0 Å². The van der Waals surface area contributed by atoms with Gasteiger partial charge in [-0.2, -0.15) is 0 Å². The van der Waals surface area contributed by atoms with Crippen LogP contribution in [0.4, 0.5) is 0 Å². The van der Waals surface area contributed by atoms with Gasteiger partial charge in [0, 0.05) is 31.5 Å². The largest absolute Gasteiger partial charge is 0.481 e. The first-order valence-electron chi connectivity index (χ1n) is 6.92. The van der Waals surface area contributed by atoms with Crippen molar-refractivity contribution in [3.8, 4) is 0 Å². The first-order chi connectivity index (χ1) is 9.12. The molecular formula is C14H24N2O4. The maximum atomic E-state index is 12.0. The van der Waals surface area contributed by atoms with Gasteiger partial charge in [0.2, 0.25) is 11.8 Å². The van der Waals surface area contributed by atoms with Gasteiger partial charge in [-0.05, 0) is 5.92 Å². The zero-order valence-electron chi connectivity index (χ0n) is 12.6. The lowest BCUT2D eigenvalue weighted by molar-refractivity contribution is -0.142. The number of likely N-dealkylation sites (tertiary alicyclic amines) is 1. The fourth-order valence-electron chi connectivity index (χ4n) is 2.20. The summed E-state index contributed by atoms with van der Waals surface area (Å²) in [4.78, 5) is 36.2. The lowest BCUT2D eigenvalue weighted by atomic mass is 9.96. The van der Waals surface area contributed by atoms with Crippen molar-refractivity contribution >= 4 is 17.8 Å². The number of hydrogen-bond donors (Lipinski definition) is 2. The van der Waals surface area contributed by atoms with Gasteiger partial charge in [-0.1, -0.05) is 27.7 Å². The standard InChI is InChI=1S/C14H24N2O4/c1-9-7-16(8-10(9)12(18)19)11(17)5-6-15-13(20)14(2,3)4/h9-10H,5-8H2,1-4H3,(H,15,20)(H,18,19)/t9-,10-/m1/s1. The van der Waals surface area contributed by atoms with Crippen LogP contribution in [0.3, 0.4) is 0 Å². The highest BCUT2D eigenvalue weighted by atomic mass is 16.4. The predicted octanol–water partition coefficient (Wildman–Crippen LogP) is 0.718. The number of amides is 2. The van der Waals surface area contributed by atoms with E-state index in [1.807, 2.05) is 27.7 Å². The molecule has 2 N–H and O–H groups in total. The predicted molar refractivity (Wildman–Crippen MR) is 74.0 cm³/mol. The minimum absolute atomic E-state index is 0.0272. The Kier molecular flexibility index (Phi) is 5.14. The van der Waals surface area contributed by atoms with E-state index in [4.69, 9.17) is 5.11 Å². The van der Waals surface area contributed by atoms with Crippen molar-refractivity contribution in [3.05, 3.63) is 0 Å². The highest BCUT2D eigenvalue weighted by Gasteiger charge is 2.36. The summed E-state index contributed by atoms with van der Waals surface area (Å²) < 4.78 is 0. The minimum atomic E-state index is -0.853. The maximum Gasteiger partial charge on any atom is 0.308 e. The first-order valence-corrected chi connectivity index (χ1v) is 6.92. The van der Waals surface area contributed by atoms with Gasteiger partial charge in [0.1, 0.15) is 0 Å². The number of aliphatic carboxylic acids is 1. The minimum Gasteiger partial charge on any atom is -0.481 e. The molecular weight excluding hydrogens is 260 g/mol. The molecule has 114 valence electrons. The van der Waals surface area contributed by atoms with Crippen LogP contribution < -0.4 is 5.32 Å². The number of carbonyl (C=O) groups excluding carboxylic acids is 2. The molecule has 0 radical (unpaired) electrons. The summed E-state index contributed by atoms with van der Waals surface area (Å²) in [6, 6.07) is 0. The normalized spacial score (nSPS) is 22.7. The summed E-state index contributed by atoms with van der Waals surface area (Å²) in [6.07, 6.45) is 0.209. The van der Waals surface area contributed by atoms with E-state index in [0.717, 1.165) is 0 Å². The molecule has 0 saturated carbocycles. The second-order valence-corrected chi connectivity index (χ2v) is 6.48. The molecule has 1 heterocycles. The topological polar surface area (TPSA) is 86.7 Å². The van der Waals surface area contributed by atoms with Crippen LogP contribution in [0.25, 0.3) is 0 Å². The number of nitrogens with zero attached hydrogens (tertiary/aromatic N) is 1. The molecule has 0 aliphatic carbocycles. The molecule has 0 bridgehead atoms. The molecule has 0 aromatic rings. The Morgan fingerprint density at radius 2 is 1.85 bits per heavy atom. The summed E-state index contributed by atoms with van der Waals surface area (Å²) >= 11 is 0. The molecule has 1 fully saturated rings. The third-order valence-electron chi connectivity index (χ3n) is 3.59. The fraction of sp³-hybridized carbons (Fsp3) is 0.786. The molecule has 1 aliphatic rings. The average molecular weight is 284 g/mol. The molecule has 1 rings (SSSR count). The Balaban J connectivity index is 2.38. The quantitative estimate of drug-likeness (QED) is 0.796. The Morgan fingerprint density at radius 3 is 2.30 bits per heavy atom. The molecule has 0 aromatic carbocycles. The van der Waals surface area contributed by atoms with Gasteiger partial charge in [0.15, 0.2) is 0 Å². The van der Waals surface area contributed by atoms with Crippen molar-refractivity contribution in [1.29, 1.82) is 0 Å². The molecule has 6 nitrogen and oxygen atoms in total. The summed E-state index contributed by atoms with van der Waals surface area (Å²) in [5.41, 5.74) is -0.473. The SMILES string of the molecule is C[C@@H]1CN(C(=O)CCNC(=O)C(C)(C)C)C[C@H]1C(=O)O. The van der Waals surface area contributed by atoms with Crippen LogP contribution in [-0.4, -0.2) is 47.4 Å². The van der Waals surface area contributed by atoms with E-state index in [-0.39, 0.29) is 37.2 Å². The van der Waals surface area contributed by atoms with Gasteiger partial charge in [-0.3, -0.25) is 14.4 Å². The average Bonchev–Trinajstić information content (AvgIpc) is 2.70. The molecule has 20 heavy (non-hydrogen) atoms. The monoisotopic (exact) mass is 284 g/mol. The summed E-state index contributed by atoms with van der Waals surface area (Å²) in [5.74, 6) is -1.56. The van der Waals surface area contributed by atoms with Gasteiger partial charge in [-0.25, -0.2) is 0 Å². The highest BCUT2D eigenvalue weighted by molar-refractivity contribution is 5.83. The summed E-state index contributed by atoms with van der Waals surface area (Å²) in [7, 11) is 0. The van der Waals surface area contributed by atoms with Crippen molar-refractivity contribution in [2.75, 3.05) is 19.6 Å². The van der Waals surface area contributed by atoms with Gasteiger partial charge in [0.05, 0.1) is 5.92 Å². The Labute approximate surface area is 119 Å². The van der Waals surface area contributed by atoms with E-state index in [1.165, 1.54) is 0 Å². The van der Waals surface area contributed by atoms with Gasteiger partial charge in [-0.15, -0.1) is 0 Å². The van der Waals surface area contributed by atoms with Crippen molar-refractivity contribution < 1.29 is 19.5 Å². The lowest BCUT2D eigenvalue weighted by Gasteiger charge is -2.19. The van der Waals surface area contributed by atoms with E-state index in [9.17, 15) is 14.4 Å². The Morgan fingerprint density at radius 1 is 1.25 bits per heavy atom. The smallest absolute Gasteiger partial charge is 0.308 e. The van der Waals surface area contributed by atoms with Crippen LogP contribution in [0.15, 0.2) is 0 Å². The fourth-order valence-corrected chi connectivity index (χ4v) is 2.20. The second-order valence-electron chi connectivity index (χ2n) is 6.48. The zero-order chi connectivity index (χ0) is 15.5. The van der Waals surface area contributed by atoms with Crippen LogP contribution in [0.1, 0.15) is 34.1 Å². The Bertz CT molecular complexity index is 400. The molecule has 0 aromatic heterocycles. The lowest BCUT2D eigenvalue weighted by Crippen LogP contribution is -2.38. The van der Waals surface area contributed by atoms with Gasteiger partial charge < -0.3 is 15.3 Å². The third-order valence-corrected chi connectivity index (χ3v) is 3.59. The summed E-state index contributed by atoms with van der Waals surface area (Å²) in [6.45, 7) is 8.30. The number of hydrogen-bond acceptors (Lipinski definition) is 3. The van der Waals surface area contributed by atoms with Crippen LogP contribution in [0, 0.1) is 17.3 Å². The van der Waals surface area contributed by atoms with Crippen LogP contribution >= 0.6 is 0 Å². The molecule has 0 spiro atoms. The molecule has 0 unspecified atom stereocenters. The second kappa shape index (κ2) is 6.24. The van der Waals surface area contributed by atoms with Crippen LogP contribution in [0.5, 0.6) is 0 Å². The molecule has 1 aliphatic heterocycles. The summed E-state index contributed by atoms with van der Waals surface area (Å²) in [5, 5.41) is 11.7.